The molecule has 0 aliphatic carbocycles. The Morgan fingerprint density at radius 1 is 0.828 bits per heavy atom. The molecule has 1 aromatic heterocycles. The Morgan fingerprint density at radius 2 is 1.14 bits per heavy atom. The molecule has 0 atom stereocenters. The Labute approximate surface area is 180 Å². The fraction of sp³-hybridized carbons (Fsp3) is 0.533. The van der Waals surface area contributed by atoms with Crippen LogP contribution in [-0.4, -0.2) is 53.6 Å². The molecule has 0 radical (unpaired) electrons. The highest BCUT2D eigenvalue weighted by molar-refractivity contribution is 8.14. The highest BCUT2D eigenvalue weighted by Crippen LogP contribution is 2.66. The summed E-state index contributed by atoms with van der Waals surface area (Å²) in [5.74, 6) is -2.38. The van der Waals surface area contributed by atoms with Crippen molar-refractivity contribution >= 4 is 49.0 Å². The van der Waals surface area contributed by atoms with Gasteiger partial charge in [0.15, 0.2) is 0 Å². The SMILES string of the molecule is CCOP(=S)(OCC)OP(=S)(OCC)OCC.O=C(O)c1cncc(C(=O)O)c1. The van der Waals surface area contributed by atoms with Crippen LogP contribution in [0, 0.1) is 0 Å². The summed E-state index contributed by atoms with van der Waals surface area (Å²) in [6, 6.07) is 1.05. The zero-order valence-electron chi connectivity index (χ0n) is 16.5. The zero-order valence-corrected chi connectivity index (χ0v) is 19.9. The minimum Gasteiger partial charge on any atom is -0.478 e. The van der Waals surface area contributed by atoms with Crippen molar-refractivity contribution in [3.63, 3.8) is 0 Å². The van der Waals surface area contributed by atoms with E-state index >= 15 is 0 Å². The van der Waals surface area contributed by atoms with Crippen molar-refractivity contribution in [1.29, 1.82) is 0 Å². The Kier molecular flexibility index (Phi) is 13.8. The van der Waals surface area contributed by atoms with Crippen LogP contribution in [0.15, 0.2) is 18.5 Å². The van der Waals surface area contributed by atoms with E-state index in [-0.39, 0.29) is 11.1 Å². The first-order valence-electron chi connectivity index (χ1n) is 8.47. The van der Waals surface area contributed by atoms with Crippen LogP contribution in [0.3, 0.4) is 0 Å². The van der Waals surface area contributed by atoms with Gasteiger partial charge < -0.3 is 28.3 Å². The Hall–Kier alpha value is -0.810. The van der Waals surface area contributed by atoms with Gasteiger partial charge in [0, 0.05) is 12.4 Å². The van der Waals surface area contributed by atoms with E-state index in [2.05, 4.69) is 4.98 Å². The number of rotatable bonds is 12. The highest BCUT2D eigenvalue weighted by atomic mass is 32.5. The smallest absolute Gasteiger partial charge is 0.337 e. The van der Waals surface area contributed by atoms with E-state index < -0.39 is 25.4 Å². The minimum absolute atomic E-state index is 0.130. The highest BCUT2D eigenvalue weighted by Gasteiger charge is 2.31. The van der Waals surface area contributed by atoms with E-state index in [4.69, 9.17) is 56.2 Å². The second kappa shape index (κ2) is 14.2. The molecule has 1 rings (SSSR count). The predicted molar refractivity (Wildman–Crippen MR) is 114 cm³/mol. The molecule has 0 aliphatic heterocycles. The van der Waals surface area contributed by atoms with Gasteiger partial charge in [0.25, 0.3) is 0 Å². The fourth-order valence-corrected chi connectivity index (χ4v) is 7.97. The molecule has 0 saturated carbocycles. The molecule has 0 spiro atoms. The molecule has 0 fully saturated rings. The lowest BCUT2D eigenvalue weighted by Gasteiger charge is -2.27. The third kappa shape index (κ3) is 11.2. The average molecular weight is 489 g/mol. The number of carboxylic acids is 2. The minimum atomic E-state index is -2.87. The molecule has 0 unspecified atom stereocenters. The van der Waals surface area contributed by atoms with E-state index in [1.165, 1.54) is 0 Å². The van der Waals surface area contributed by atoms with Crippen molar-refractivity contribution in [2.24, 2.45) is 0 Å². The fourth-order valence-electron chi connectivity index (χ4n) is 1.60. The lowest BCUT2D eigenvalue weighted by atomic mass is 10.2. The first kappa shape index (κ1) is 28.2. The molecular formula is C15H25NO9P2S2. The maximum absolute atomic E-state index is 10.3. The lowest BCUT2D eigenvalue weighted by Crippen LogP contribution is -2.03. The third-order valence-corrected chi connectivity index (χ3v) is 8.94. The van der Waals surface area contributed by atoms with Crippen molar-refractivity contribution in [1.82, 2.24) is 4.98 Å². The molecule has 0 saturated heterocycles. The van der Waals surface area contributed by atoms with Gasteiger partial charge in [-0.15, -0.1) is 0 Å². The Morgan fingerprint density at radius 3 is 1.38 bits per heavy atom. The van der Waals surface area contributed by atoms with Crippen molar-refractivity contribution in [2.45, 2.75) is 27.7 Å². The van der Waals surface area contributed by atoms with Crippen molar-refractivity contribution < 1.29 is 42.2 Å². The van der Waals surface area contributed by atoms with Crippen LogP contribution in [0.1, 0.15) is 48.4 Å². The summed E-state index contributed by atoms with van der Waals surface area (Å²) in [5, 5.41) is 16.9. The van der Waals surface area contributed by atoms with Crippen LogP contribution < -0.4 is 0 Å². The number of nitrogens with zero attached hydrogens (tertiary/aromatic N) is 1. The Bertz CT molecular complexity index is 686. The van der Waals surface area contributed by atoms with Gasteiger partial charge in [-0.25, -0.2) is 13.9 Å². The van der Waals surface area contributed by atoms with E-state index in [9.17, 15) is 9.59 Å². The quantitative estimate of drug-likeness (QED) is 0.410. The Balaban J connectivity index is 0.000000571. The van der Waals surface area contributed by atoms with Gasteiger partial charge in [-0.05, 0) is 57.4 Å². The summed E-state index contributed by atoms with van der Waals surface area (Å²) < 4.78 is 26.9. The first-order chi connectivity index (χ1) is 13.6. The summed E-state index contributed by atoms with van der Waals surface area (Å²) >= 11 is 10.4. The molecule has 1 heterocycles. The lowest BCUT2D eigenvalue weighted by molar-refractivity contribution is 0.0696. The molecule has 2 N–H and O–H groups in total. The number of carboxylic acid groups (broad SMARTS) is 2. The summed E-state index contributed by atoms with van der Waals surface area (Å²) in [4.78, 5) is 24.2. The topological polar surface area (TPSA) is 134 Å². The van der Waals surface area contributed by atoms with Gasteiger partial charge in [0.05, 0.1) is 37.6 Å². The van der Waals surface area contributed by atoms with Crippen LogP contribution >= 0.6 is 13.4 Å². The van der Waals surface area contributed by atoms with Crippen LogP contribution in [0.5, 0.6) is 0 Å². The molecule has 10 nitrogen and oxygen atoms in total. The van der Waals surface area contributed by atoms with Gasteiger partial charge >= 0.3 is 25.4 Å². The molecule has 0 amide bonds. The number of hydrogen-bond acceptors (Lipinski definition) is 10. The summed E-state index contributed by atoms with van der Waals surface area (Å²) in [5.41, 5.74) is -0.259. The van der Waals surface area contributed by atoms with Gasteiger partial charge in [-0.1, -0.05) is 0 Å². The standard InChI is InChI=1S/C8H20O5P2S2.C7H5NO4/c1-5-9-14(16,10-6-2)13-15(17,11-7-3)12-8-4;9-6(10)4-1-5(7(11)12)3-8-2-4/h5-8H2,1-4H3;1-3H,(H,9,10)(H,11,12). The molecule has 166 valence electrons. The van der Waals surface area contributed by atoms with Crippen molar-refractivity contribution in [2.75, 3.05) is 26.4 Å². The van der Waals surface area contributed by atoms with Crippen molar-refractivity contribution in [3.8, 4) is 0 Å². The molecule has 0 aromatic carbocycles. The normalized spacial score (nSPS) is 11.4. The van der Waals surface area contributed by atoms with Gasteiger partial charge in [0.2, 0.25) is 0 Å². The monoisotopic (exact) mass is 489 g/mol. The number of hydrogen-bond donors (Lipinski definition) is 2. The van der Waals surface area contributed by atoms with Crippen LogP contribution in [0.2, 0.25) is 0 Å². The largest absolute Gasteiger partial charge is 0.478 e. The third-order valence-electron chi connectivity index (χ3n) is 2.58. The maximum atomic E-state index is 10.3. The average Bonchev–Trinajstić information content (AvgIpc) is 2.62. The second-order valence-electron chi connectivity index (χ2n) is 4.72. The summed E-state index contributed by atoms with van der Waals surface area (Å²) in [6.07, 6.45) is 2.18. The van der Waals surface area contributed by atoms with Gasteiger partial charge in [-0.2, -0.15) is 0 Å². The molecule has 14 heteroatoms. The maximum Gasteiger partial charge on any atom is 0.337 e. The van der Waals surface area contributed by atoms with Crippen LogP contribution in [0.4, 0.5) is 0 Å². The van der Waals surface area contributed by atoms with Crippen molar-refractivity contribution in [3.05, 3.63) is 29.6 Å². The number of aromatic carboxylic acids is 2. The van der Waals surface area contributed by atoms with Crippen LogP contribution in [0.25, 0.3) is 0 Å². The number of pyridine rings is 1. The number of carbonyl (C=O) groups is 2. The van der Waals surface area contributed by atoms with E-state index in [1.54, 1.807) is 0 Å². The molecule has 0 bridgehead atoms. The summed E-state index contributed by atoms with van der Waals surface area (Å²) in [6.45, 7) is 3.09. The van der Waals surface area contributed by atoms with Gasteiger partial charge in [0.1, 0.15) is 0 Å². The summed E-state index contributed by atoms with van der Waals surface area (Å²) in [7, 11) is 0. The van der Waals surface area contributed by atoms with E-state index in [0.717, 1.165) is 18.5 Å². The van der Waals surface area contributed by atoms with Gasteiger partial charge in [-0.3, -0.25) is 4.98 Å². The first-order valence-corrected chi connectivity index (χ1v) is 13.6. The molecule has 0 aliphatic rings. The number of aromatic nitrogens is 1. The molecule has 1 aromatic rings. The van der Waals surface area contributed by atoms with E-state index in [0.29, 0.717) is 26.4 Å². The second-order valence-corrected chi connectivity index (χ2v) is 10.9. The molecular weight excluding hydrogens is 464 g/mol. The zero-order chi connectivity index (χ0) is 22.5. The van der Waals surface area contributed by atoms with Crippen LogP contribution in [-0.2, 0) is 46.0 Å². The predicted octanol–water partition coefficient (Wildman–Crippen LogP) is 4.08. The van der Waals surface area contributed by atoms with E-state index in [1.807, 2.05) is 27.7 Å². The molecule has 29 heavy (non-hydrogen) atoms.